The van der Waals surface area contributed by atoms with Crippen LogP contribution in [0.3, 0.4) is 0 Å². The molecular formula is C54H50N4O8S2-2. The Hall–Kier alpha value is -6.78. The Morgan fingerprint density at radius 2 is 0.941 bits per heavy atom. The number of rotatable bonds is 8. The molecule has 0 bridgehead atoms. The molecule has 0 aliphatic heterocycles. The Morgan fingerprint density at radius 3 is 1.44 bits per heavy atom. The molecule has 10 aromatic rings. The summed E-state index contributed by atoms with van der Waals surface area (Å²) in [5, 5.41) is 7.29. The van der Waals surface area contributed by atoms with Crippen LogP contribution in [0.1, 0.15) is 48.9 Å². The first kappa shape index (κ1) is 49.1. The summed E-state index contributed by atoms with van der Waals surface area (Å²) in [5.74, 6) is 2.90. The van der Waals surface area contributed by atoms with Gasteiger partial charge in [0.05, 0.1) is 34.3 Å². The maximum Gasteiger partial charge on any atom is 0.227 e. The van der Waals surface area contributed by atoms with Gasteiger partial charge in [0.2, 0.25) is 22.8 Å². The van der Waals surface area contributed by atoms with E-state index in [1.807, 2.05) is 12.4 Å². The molecule has 0 atom stereocenters. The normalized spacial score (nSPS) is 11.1. The fraction of sp³-hybridized carbons (Fsp3) is 0.185. The van der Waals surface area contributed by atoms with Crippen LogP contribution in [-0.2, 0) is 35.8 Å². The van der Waals surface area contributed by atoms with Gasteiger partial charge in [-0.3, -0.25) is 8.42 Å². The van der Waals surface area contributed by atoms with E-state index >= 15 is 0 Å². The average molecular weight is 947 g/mol. The van der Waals surface area contributed by atoms with Gasteiger partial charge in [-0.2, -0.15) is 9.13 Å². The van der Waals surface area contributed by atoms with Gasteiger partial charge < -0.3 is 27.0 Å². The van der Waals surface area contributed by atoms with Gasteiger partial charge in [0.25, 0.3) is 0 Å². The van der Waals surface area contributed by atoms with Crippen molar-refractivity contribution in [1.29, 1.82) is 0 Å². The van der Waals surface area contributed by atoms with Gasteiger partial charge in [-0.15, -0.1) is 22.7 Å². The van der Waals surface area contributed by atoms with Crippen molar-refractivity contribution < 1.29 is 44.6 Å². The zero-order valence-corrected chi connectivity index (χ0v) is 40.2. The molecule has 0 aliphatic carbocycles. The van der Waals surface area contributed by atoms with E-state index in [0.717, 1.165) is 70.5 Å². The fourth-order valence-electron chi connectivity index (χ4n) is 8.31. The second-order valence-corrected chi connectivity index (χ2v) is 17.1. The van der Waals surface area contributed by atoms with Crippen LogP contribution in [0.4, 0.5) is 0 Å². The molecule has 68 heavy (non-hydrogen) atoms. The highest BCUT2D eigenvalue weighted by atomic mass is 32.2. The number of fused-ring (bicyclic) bond motifs is 4. The summed E-state index contributed by atoms with van der Waals surface area (Å²) in [6.45, 7) is 15.0. The lowest BCUT2D eigenvalue weighted by atomic mass is 9.99. The molecule has 0 N–H and O–H groups in total. The quantitative estimate of drug-likeness (QED) is 0.105. The first-order chi connectivity index (χ1) is 32.8. The Labute approximate surface area is 400 Å². The number of para-hydroxylation sites is 2. The summed E-state index contributed by atoms with van der Waals surface area (Å²) in [7, 11) is 0. The number of oxazole rings is 2. The Balaban J connectivity index is 0.000000174. The summed E-state index contributed by atoms with van der Waals surface area (Å²) in [6, 6.07) is 42.9. The van der Waals surface area contributed by atoms with Crippen LogP contribution in [0.15, 0.2) is 155 Å². The van der Waals surface area contributed by atoms with Crippen LogP contribution < -0.4 is 9.13 Å². The summed E-state index contributed by atoms with van der Waals surface area (Å²) in [6.07, 6.45) is 10.1. The van der Waals surface area contributed by atoms with Gasteiger partial charge in [-0.25, -0.2) is 9.97 Å². The molecule has 6 aromatic carbocycles. The van der Waals surface area contributed by atoms with Crippen molar-refractivity contribution >= 4 is 66.1 Å². The van der Waals surface area contributed by atoms with Crippen LogP contribution in [-0.4, -0.2) is 36.6 Å². The van der Waals surface area contributed by atoms with Crippen molar-refractivity contribution in [1.82, 2.24) is 9.97 Å². The van der Waals surface area contributed by atoms with Crippen LogP contribution in [0, 0.1) is 27.7 Å². The Kier molecular flexibility index (Phi) is 16.1. The van der Waals surface area contributed by atoms with Gasteiger partial charge in [-0.1, -0.05) is 86.6 Å². The Morgan fingerprint density at radius 1 is 0.500 bits per heavy atom. The van der Waals surface area contributed by atoms with Crippen LogP contribution >= 0.6 is 0 Å². The lowest BCUT2D eigenvalue weighted by molar-refractivity contribution is -0.671. The Bertz CT molecular complexity index is 3290. The van der Waals surface area contributed by atoms with Gasteiger partial charge >= 0.3 is 0 Å². The SMILES string of the molecule is CCC[n+]1ccc(-c2ncc(-c3ccc4c(C)c(C)ccc4c3)o2)c2ccccc21.CCC[n+]1ccc(-c2ncc(-c3ccc4cc(C)c(C)cc4c3)o2)c2ccccc21.O=S([O-])[O-].O=S([O-])[O-]. The molecule has 4 heterocycles. The van der Waals surface area contributed by atoms with Crippen molar-refractivity contribution in [3.8, 4) is 45.6 Å². The summed E-state index contributed by atoms with van der Waals surface area (Å²) in [4.78, 5) is 9.25. The van der Waals surface area contributed by atoms with Crippen LogP contribution in [0.5, 0.6) is 0 Å². The molecule has 0 fully saturated rings. The summed E-state index contributed by atoms with van der Waals surface area (Å²) < 4.78 is 67.7. The van der Waals surface area contributed by atoms with E-state index in [0.29, 0.717) is 11.8 Å². The number of aromatic nitrogens is 4. The predicted molar refractivity (Wildman–Crippen MR) is 264 cm³/mol. The largest absolute Gasteiger partial charge is 0.784 e. The smallest absolute Gasteiger partial charge is 0.227 e. The zero-order valence-electron chi connectivity index (χ0n) is 38.6. The number of pyridine rings is 2. The van der Waals surface area contributed by atoms with Gasteiger partial charge in [0, 0.05) is 48.2 Å². The highest BCUT2D eigenvalue weighted by Crippen LogP contribution is 2.34. The number of hydrogen-bond acceptors (Lipinski definition) is 10. The highest BCUT2D eigenvalue weighted by Gasteiger charge is 2.19. The molecule has 0 saturated carbocycles. The van der Waals surface area contributed by atoms with Crippen molar-refractivity contribution in [2.45, 2.75) is 67.5 Å². The summed E-state index contributed by atoms with van der Waals surface area (Å²) >= 11 is -6.22. The number of aryl methyl sites for hydroxylation is 6. The third-order valence-corrected chi connectivity index (χ3v) is 11.8. The van der Waals surface area contributed by atoms with Gasteiger partial charge in [0.1, 0.15) is 13.1 Å². The third kappa shape index (κ3) is 11.5. The van der Waals surface area contributed by atoms with Crippen LogP contribution in [0.2, 0.25) is 0 Å². The maximum atomic E-state index is 8.44. The molecule has 0 unspecified atom stereocenters. The van der Waals surface area contributed by atoms with Crippen molar-refractivity contribution in [3.05, 3.63) is 168 Å². The molecule has 0 radical (unpaired) electrons. The molecule has 348 valence electrons. The highest BCUT2D eigenvalue weighted by molar-refractivity contribution is 7.73. The number of nitrogens with zero attached hydrogens (tertiary/aromatic N) is 4. The molecule has 0 amide bonds. The van der Waals surface area contributed by atoms with Crippen molar-refractivity contribution in [2.75, 3.05) is 0 Å². The molecule has 14 heteroatoms. The second kappa shape index (κ2) is 22.3. The van der Waals surface area contributed by atoms with Crippen LogP contribution in [0.25, 0.3) is 88.9 Å². The topological polar surface area (TPSA) is 186 Å². The minimum Gasteiger partial charge on any atom is -0.784 e. The van der Waals surface area contributed by atoms with Crippen molar-refractivity contribution in [2.24, 2.45) is 0 Å². The average Bonchev–Trinajstić information content (AvgIpc) is 4.03. The maximum absolute atomic E-state index is 8.44. The first-order valence-corrected chi connectivity index (χ1v) is 24.1. The van der Waals surface area contributed by atoms with Gasteiger partial charge in [0.15, 0.2) is 23.9 Å². The predicted octanol–water partition coefficient (Wildman–Crippen LogP) is 11.3. The zero-order chi connectivity index (χ0) is 48.5. The summed E-state index contributed by atoms with van der Waals surface area (Å²) in [5.41, 5.74) is 11.8. The minimum absolute atomic E-state index is 0.657. The molecule has 12 nitrogen and oxygen atoms in total. The second-order valence-electron chi connectivity index (χ2n) is 16.3. The monoisotopic (exact) mass is 946 g/mol. The standard InChI is InChI=1S/2C27H25N2O.2H2O3S/c1-4-14-29-15-13-24(23-7-5-6-8-25(23)29)27-28-17-26(30-27)21-11-12-22-19(3)18(2)9-10-20(22)16-21;1-4-12-29-13-11-24(23-7-5-6-8-25(23)29)27-28-17-26(30-27)21-10-9-20-14-18(2)19(3)15-22(20)16-21;2*1-4(2)3/h5-13,15-17H,4,14H2,1-3H3;5-11,13-17H,4,12H2,1-3H3;2*(H2,1,2,3)/q2*+1;;/p-4. The first-order valence-electron chi connectivity index (χ1n) is 22.1. The number of hydrogen-bond donors (Lipinski definition) is 0. The molecule has 0 aliphatic rings. The fourth-order valence-corrected chi connectivity index (χ4v) is 8.31. The molecule has 0 saturated heterocycles. The van der Waals surface area contributed by atoms with Gasteiger partial charge in [-0.05, 0) is 95.8 Å². The van der Waals surface area contributed by atoms with E-state index in [1.165, 1.54) is 54.8 Å². The van der Waals surface area contributed by atoms with E-state index in [2.05, 4.69) is 194 Å². The molecule has 0 spiro atoms. The molecule has 10 rings (SSSR count). The third-order valence-electron chi connectivity index (χ3n) is 11.8. The van der Waals surface area contributed by atoms with Crippen molar-refractivity contribution in [3.63, 3.8) is 0 Å². The lowest BCUT2D eigenvalue weighted by Gasteiger charge is -2.07. The number of benzene rings is 6. The molecular weight excluding hydrogens is 897 g/mol. The lowest BCUT2D eigenvalue weighted by Crippen LogP contribution is -2.33. The van der Waals surface area contributed by atoms with E-state index in [1.54, 1.807) is 0 Å². The van der Waals surface area contributed by atoms with E-state index in [4.69, 9.17) is 35.5 Å². The van der Waals surface area contributed by atoms with E-state index in [-0.39, 0.29) is 0 Å². The van der Waals surface area contributed by atoms with E-state index < -0.39 is 22.7 Å². The minimum atomic E-state index is -3.11. The van der Waals surface area contributed by atoms with E-state index in [9.17, 15) is 0 Å². The molecule has 4 aromatic heterocycles.